The van der Waals surface area contributed by atoms with Crippen molar-refractivity contribution in [2.45, 2.75) is 32.2 Å². The molecule has 0 spiro atoms. The predicted octanol–water partition coefficient (Wildman–Crippen LogP) is 0.118. The Morgan fingerprint density at radius 3 is 2.53 bits per heavy atom. The van der Waals surface area contributed by atoms with Crippen molar-refractivity contribution in [3.63, 3.8) is 0 Å². The molecule has 0 aliphatic carbocycles. The van der Waals surface area contributed by atoms with E-state index < -0.39 is 6.10 Å². The largest absolute Gasteiger partial charge is 0.491 e. The minimum absolute atomic E-state index is 0.265. The van der Waals surface area contributed by atoms with E-state index in [2.05, 4.69) is 13.8 Å². The Kier molecular flexibility index (Phi) is 5.19. The van der Waals surface area contributed by atoms with Gasteiger partial charge >= 0.3 is 0 Å². The molecule has 0 saturated carbocycles. The smallest absolute Gasteiger partial charge is 0.137 e. The highest BCUT2D eigenvalue weighted by molar-refractivity contribution is 5.20. The highest BCUT2D eigenvalue weighted by Gasteiger charge is 2.27. The van der Waals surface area contributed by atoms with Crippen LogP contribution in [-0.2, 0) is 4.74 Å². The van der Waals surface area contributed by atoms with Crippen LogP contribution in [0.4, 0.5) is 0 Å². The molecule has 0 aromatic heterocycles. The second-order valence-corrected chi connectivity index (χ2v) is 5.40. The molecule has 1 unspecified atom stereocenters. The standard InChI is InChI=1S/C15H23NO3/c1-12-8-16(9-13(2)19-12)10-14(17)11-18-15-6-4-3-5-7-15/h3-7,12-14,17H,8-11H2,1-2H3/p+1/t12-,13+,14-/m0/s1. The van der Waals surface area contributed by atoms with Gasteiger partial charge in [-0.1, -0.05) is 18.2 Å². The molecule has 1 aliphatic rings. The van der Waals surface area contributed by atoms with Crippen LogP contribution in [0.3, 0.4) is 0 Å². The van der Waals surface area contributed by atoms with Gasteiger partial charge in [-0.05, 0) is 26.0 Å². The Morgan fingerprint density at radius 2 is 1.89 bits per heavy atom. The Bertz CT molecular complexity index is 361. The second-order valence-electron chi connectivity index (χ2n) is 5.40. The van der Waals surface area contributed by atoms with Crippen molar-refractivity contribution in [3.05, 3.63) is 30.3 Å². The molecule has 1 aromatic rings. The van der Waals surface area contributed by atoms with E-state index in [1.54, 1.807) is 0 Å². The van der Waals surface area contributed by atoms with Gasteiger partial charge in [-0.15, -0.1) is 0 Å². The van der Waals surface area contributed by atoms with Crippen molar-refractivity contribution in [3.8, 4) is 5.75 Å². The van der Waals surface area contributed by atoms with Gasteiger partial charge < -0.3 is 19.5 Å². The molecule has 1 aromatic carbocycles. The van der Waals surface area contributed by atoms with Gasteiger partial charge in [0.1, 0.15) is 50.3 Å². The lowest BCUT2D eigenvalue weighted by Crippen LogP contribution is -3.16. The average Bonchev–Trinajstić information content (AvgIpc) is 2.36. The molecule has 4 atom stereocenters. The SMILES string of the molecule is C[C@@H]1C[NH+](C[C@H](O)COc2ccccc2)C[C@H](C)O1. The van der Waals surface area contributed by atoms with Gasteiger partial charge in [0.05, 0.1) is 0 Å². The summed E-state index contributed by atoms with van der Waals surface area (Å²) in [5.74, 6) is 0.806. The van der Waals surface area contributed by atoms with Crippen LogP contribution in [0.2, 0.25) is 0 Å². The molecule has 0 amide bonds. The van der Waals surface area contributed by atoms with Crippen LogP contribution in [-0.4, -0.2) is 49.7 Å². The summed E-state index contributed by atoms with van der Waals surface area (Å²) in [6.07, 6.45) is 0.0923. The van der Waals surface area contributed by atoms with Crippen molar-refractivity contribution < 1.29 is 19.5 Å². The summed E-state index contributed by atoms with van der Waals surface area (Å²) in [6.45, 7) is 7.13. The zero-order chi connectivity index (χ0) is 13.7. The summed E-state index contributed by atoms with van der Waals surface area (Å²) < 4.78 is 11.3. The van der Waals surface area contributed by atoms with E-state index >= 15 is 0 Å². The first-order valence-electron chi connectivity index (χ1n) is 6.98. The molecule has 2 N–H and O–H groups in total. The normalized spacial score (nSPS) is 28.9. The van der Waals surface area contributed by atoms with Crippen molar-refractivity contribution in [2.24, 2.45) is 0 Å². The summed E-state index contributed by atoms with van der Waals surface area (Å²) in [6, 6.07) is 9.61. The zero-order valence-electron chi connectivity index (χ0n) is 11.7. The number of hydrogen-bond acceptors (Lipinski definition) is 3. The van der Waals surface area contributed by atoms with Gasteiger partial charge in [-0.25, -0.2) is 0 Å². The predicted molar refractivity (Wildman–Crippen MR) is 73.5 cm³/mol. The Labute approximate surface area is 114 Å². The van der Waals surface area contributed by atoms with Gasteiger partial charge in [-0.2, -0.15) is 0 Å². The molecular weight excluding hydrogens is 242 g/mol. The number of benzene rings is 1. The zero-order valence-corrected chi connectivity index (χ0v) is 11.7. The van der Waals surface area contributed by atoms with Gasteiger partial charge in [0.25, 0.3) is 0 Å². The fourth-order valence-electron chi connectivity index (χ4n) is 2.66. The van der Waals surface area contributed by atoms with E-state index in [1.807, 2.05) is 30.3 Å². The number of ether oxygens (including phenoxy) is 2. The lowest BCUT2D eigenvalue weighted by Gasteiger charge is -2.33. The van der Waals surface area contributed by atoms with E-state index in [9.17, 15) is 5.11 Å². The van der Waals surface area contributed by atoms with Gasteiger partial charge in [0.15, 0.2) is 0 Å². The number of hydrogen-bond donors (Lipinski definition) is 2. The highest BCUT2D eigenvalue weighted by Crippen LogP contribution is 2.08. The summed E-state index contributed by atoms with van der Waals surface area (Å²) in [4.78, 5) is 1.38. The molecule has 1 saturated heterocycles. The van der Waals surface area contributed by atoms with Gasteiger partial charge in [0, 0.05) is 0 Å². The van der Waals surface area contributed by atoms with Gasteiger partial charge in [-0.3, -0.25) is 0 Å². The molecule has 0 radical (unpaired) electrons. The van der Waals surface area contributed by atoms with Crippen LogP contribution in [0.25, 0.3) is 0 Å². The molecule has 2 rings (SSSR count). The molecule has 106 valence electrons. The van der Waals surface area contributed by atoms with E-state index in [4.69, 9.17) is 9.47 Å². The van der Waals surface area contributed by atoms with E-state index in [1.165, 1.54) is 4.90 Å². The van der Waals surface area contributed by atoms with Crippen LogP contribution < -0.4 is 9.64 Å². The number of nitrogens with one attached hydrogen (secondary N) is 1. The third-order valence-electron chi connectivity index (χ3n) is 3.33. The molecule has 0 bridgehead atoms. The van der Waals surface area contributed by atoms with Crippen molar-refractivity contribution in [1.82, 2.24) is 0 Å². The minimum Gasteiger partial charge on any atom is -0.491 e. The fourth-order valence-corrected chi connectivity index (χ4v) is 2.66. The molecule has 1 aliphatic heterocycles. The quantitative estimate of drug-likeness (QED) is 0.795. The Hall–Kier alpha value is -1.10. The maximum Gasteiger partial charge on any atom is 0.137 e. The fraction of sp³-hybridized carbons (Fsp3) is 0.600. The molecular formula is C15H24NO3+. The summed E-state index contributed by atoms with van der Waals surface area (Å²) in [5.41, 5.74) is 0. The molecule has 4 heteroatoms. The number of aliphatic hydroxyl groups is 1. The third kappa shape index (κ3) is 4.82. The monoisotopic (exact) mass is 266 g/mol. The van der Waals surface area contributed by atoms with E-state index in [0.29, 0.717) is 13.2 Å². The first-order chi connectivity index (χ1) is 9.13. The lowest BCUT2D eigenvalue weighted by molar-refractivity contribution is -0.918. The minimum atomic E-state index is -0.437. The summed E-state index contributed by atoms with van der Waals surface area (Å²) >= 11 is 0. The van der Waals surface area contributed by atoms with Crippen molar-refractivity contribution in [1.29, 1.82) is 0 Å². The maximum atomic E-state index is 10.0. The first kappa shape index (κ1) is 14.3. The van der Waals surface area contributed by atoms with Crippen LogP contribution in [0.5, 0.6) is 5.75 Å². The summed E-state index contributed by atoms with van der Waals surface area (Å²) in [5, 5.41) is 10.0. The highest BCUT2D eigenvalue weighted by atomic mass is 16.5. The average molecular weight is 266 g/mol. The number of aliphatic hydroxyl groups excluding tert-OH is 1. The first-order valence-corrected chi connectivity index (χ1v) is 6.98. The molecule has 4 nitrogen and oxygen atoms in total. The maximum absolute atomic E-state index is 10.0. The molecule has 1 heterocycles. The van der Waals surface area contributed by atoms with E-state index in [0.717, 1.165) is 18.8 Å². The number of rotatable bonds is 5. The number of morpholine rings is 1. The molecule has 1 fully saturated rings. The Morgan fingerprint density at radius 1 is 1.26 bits per heavy atom. The van der Waals surface area contributed by atoms with Crippen LogP contribution >= 0.6 is 0 Å². The second kappa shape index (κ2) is 6.89. The van der Waals surface area contributed by atoms with Crippen molar-refractivity contribution >= 4 is 0 Å². The topological polar surface area (TPSA) is 43.1 Å². The number of quaternary nitrogens is 1. The Balaban J connectivity index is 1.73. The lowest BCUT2D eigenvalue weighted by atomic mass is 10.2. The number of para-hydroxylation sites is 1. The van der Waals surface area contributed by atoms with Crippen molar-refractivity contribution in [2.75, 3.05) is 26.2 Å². The van der Waals surface area contributed by atoms with Gasteiger partial charge in [0.2, 0.25) is 0 Å². The van der Waals surface area contributed by atoms with E-state index in [-0.39, 0.29) is 12.2 Å². The van der Waals surface area contributed by atoms with Crippen LogP contribution in [0.1, 0.15) is 13.8 Å². The summed E-state index contributed by atoms with van der Waals surface area (Å²) in [7, 11) is 0. The molecule has 19 heavy (non-hydrogen) atoms. The van der Waals surface area contributed by atoms with Crippen LogP contribution in [0.15, 0.2) is 30.3 Å². The van der Waals surface area contributed by atoms with Crippen LogP contribution in [0, 0.1) is 0 Å². The third-order valence-corrected chi connectivity index (χ3v) is 3.33.